The predicted octanol–water partition coefficient (Wildman–Crippen LogP) is 9.67. The van der Waals surface area contributed by atoms with E-state index in [-0.39, 0.29) is 0 Å². The minimum absolute atomic E-state index is 0.489. The van der Waals surface area contributed by atoms with E-state index in [0.29, 0.717) is 19.8 Å². The van der Waals surface area contributed by atoms with Crippen molar-refractivity contribution in [1.29, 1.82) is 0 Å². The zero-order valence-corrected chi connectivity index (χ0v) is 27.4. The van der Waals surface area contributed by atoms with Crippen molar-refractivity contribution in [3.63, 3.8) is 0 Å². The second kappa shape index (κ2) is 11.8. The van der Waals surface area contributed by atoms with Gasteiger partial charge in [0, 0.05) is 0 Å². The molecule has 12 bridgehead atoms. The molecule has 0 saturated carbocycles. The van der Waals surface area contributed by atoms with E-state index < -0.39 is 0 Å². The third-order valence-electron chi connectivity index (χ3n) is 10.4. The molecule has 3 aliphatic rings. The van der Waals surface area contributed by atoms with Gasteiger partial charge >= 0.3 is 0 Å². The predicted molar refractivity (Wildman–Crippen MR) is 182 cm³/mol. The van der Waals surface area contributed by atoms with E-state index in [2.05, 4.69) is 114 Å². The van der Waals surface area contributed by atoms with Gasteiger partial charge in [0.25, 0.3) is 0 Å². The summed E-state index contributed by atoms with van der Waals surface area (Å²) in [7, 11) is 0. The van der Waals surface area contributed by atoms with Gasteiger partial charge in [0.1, 0.15) is 37.1 Å². The summed E-state index contributed by atoms with van der Waals surface area (Å²) in [6.07, 6.45) is 2.58. The van der Waals surface area contributed by atoms with Gasteiger partial charge in [-0.15, -0.1) is 0 Å². The second-order valence-electron chi connectivity index (χ2n) is 13.0. The molecular formula is C42H42O3. The van der Waals surface area contributed by atoms with Crippen molar-refractivity contribution in [1.82, 2.24) is 0 Å². The number of hydrogen-bond donors (Lipinski definition) is 0. The first kappa shape index (κ1) is 29.2. The SMILES string of the molecule is Cc1c2c(C)c3c(C)c1COc1cccc(c1)Cc1c(C)c(c(C)c(c1C)Cc1cccc(c1)OC3)Cc1cccc(c1)OC2. The molecule has 0 N–H and O–H groups in total. The van der Waals surface area contributed by atoms with Crippen LogP contribution in [0.1, 0.15) is 83.5 Å². The lowest BCUT2D eigenvalue weighted by molar-refractivity contribution is 0.289. The molecule has 0 radical (unpaired) electrons. The first-order valence-corrected chi connectivity index (χ1v) is 16.1. The maximum absolute atomic E-state index is 6.57. The number of hydrogen-bond acceptors (Lipinski definition) is 3. The molecule has 0 unspecified atom stereocenters. The monoisotopic (exact) mass is 594 g/mol. The van der Waals surface area contributed by atoms with Gasteiger partial charge in [0.2, 0.25) is 0 Å². The van der Waals surface area contributed by atoms with Crippen molar-refractivity contribution in [2.24, 2.45) is 0 Å². The highest BCUT2D eigenvalue weighted by atomic mass is 16.5. The third kappa shape index (κ3) is 5.50. The Hall–Kier alpha value is -4.50. The van der Waals surface area contributed by atoms with Crippen LogP contribution >= 0.6 is 0 Å². The zero-order valence-electron chi connectivity index (χ0n) is 27.4. The number of ether oxygens (including phenoxy) is 3. The van der Waals surface area contributed by atoms with Crippen molar-refractivity contribution < 1.29 is 14.2 Å². The Balaban J connectivity index is 1.52. The average molecular weight is 595 g/mol. The molecule has 5 aromatic carbocycles. The molecule has 228 valence electrons. The maximum Gasteiger partial charge on any atom is 0.120 e. The van der Waals surface area contributed by atoms with Gasteiger partial charge in [-0.05, 0) is 181 Å². The van der Waals surface area contributed by atoms with Crippen molar-refractivity contribution >= 4 is 0 Å². The molecule has 3 heterocycles. The molecule has 3 aliphatic heterocycles. The molecule has 0 spiro atoms. The van der Waals surface area contributed by atoms with Crippen molar-refractivity contribution in [3.8, 4) is 17.2 Å². The summed E-state index contributed by atoms with van der Waals surface area (Å²) in [4.78, 5) is 0. The van der Waals surface area contributed by atoms with Crippen LogP contribution in [0, 0.1) is 41.5 Å². The number of rotatable bonds is 0. The van der Waals surface area contributed by atoms with E-state index in [1.54, 1.807) is 0 Å². The fourth-order valence-corrected chi connectivity index (χ4v) is 7.54. The molecular weight excluding hydrogens is 552 g/mol. The van der Waals surface area contributed by atoms with Crippen LogP contribution in [0.4, 0.5) is 0 Å². The minimum atomic E-state index is 0.489. The minimum Gasteiger partial charge on any atom is -0.489 e. The standard InChI is InChI=1S/C42H42O3/c1-25-37-19-31-10-7-13-34(16-31)43-22-40-28(4)41-23-44-35-14-8-11-32(17-35)20-38(25)27(3)39(26(37)2)21-33-12-9-15-36(18-33)45-24-42(29(40)5)30(41)6/h7-18H,19-24H2,1-6H3. The van der Waals surface area contributed by atoms with Crippen LogP contribution in [0.25, 0.3) is 0 Å². The van der Waals surface area contributed by atoms with Gasteiger partial charge in [-0.2, -0.15) is 0 Å². The van der Waals surface area contributed by atoms with Gasteiger partial charge in [-0.1, -0.05) is 36.4 Å². The first-order chi connectivity index (χ1) is 21.8. The summed E-state index contributed by atoms with van der Waals surface area (Å²) in [6.45, 7) is 15.0. The van der Waals surface area contributed by atoms with Crippen molar-refractivity contribution in [2.45, 2.75) is 80.6 Å². The Bertz CT molecular complexity index is 1680. The quantitative estimate of drug-likeness (QED) is 0.179. The summed E-state index contributed by atoms with van der Waals surface area (Å²) >= 11 is 0. The smallest absolute Gasteiger partial charge is 0.120 e. The Morgan fingerprint density at radius 3 is 0.911 bits per heavy atom. The molecule has 3 heteroatoms. The van der Waals surface area contributed by atoms with Crippen LogP contribution in [-0.2, 0) is 39.1 Å². The molecule has 5 aromatic rings. The van der Waals surface area contributed by atoms with Gasteiger partial charge in [-0.25, -0.2) is 0 Å². The van der Waals surface area contributed by atoms with Crippen molar-refractivity contribution in [3.05, 3.63) is 156 Å². The third-order valence-corrected chi connectivity index (χ3v) is 10.4. The van der Waals surface area contributed by atoms with E-state index in [1.807, 2.05) is 0 Å². The molecule has 8 rings (SSSR count). The highest BCUT2D eigenvalue weighted by molar-refractivity contribution is 5.56. The van der Waals surface area contributed by atoms with E-state index in [4.69, 9.17) is 14.2 Å². The zero-order chi connectivity index (χ0) is 31.2. The van der Waals surface area contributed by atoms with Crippen LogP contribution in [0.3, 0.4) is 0 Å². The Morgan fingerprint density at radius 1 is 0.356 bits per heavy atom. The van der Waals surface area contributed by atoms with Crippen LogP contribution < -0.4 is 14.2 Å². The van der Waals surface area contributed by atoms with E-state index >= 15 is 0 Å². The van der Waals surface area contributed by atoms with Gasteiger partial charge in [0.05, 0.1) is 0 Å². The van der Waals surface area contributed by atoms with E-state index in [0.717, 1.165) is 36.5 Å². The van der Waals surface area contributed by atoms with Crippen molar-refractivity contribution in [2.75, 3.05) is 0 Å². The van der Waals surface area contributed by atoms with Crippen LogP contribution in [-0.4, -0.2) is 0 Å². The van der Waals surface area contributed by atoms with Crippen LogP contribution in [0.5, 0.6) is 17.2 Å². The second-order valence-corrected chi connectivity index (χ2v) is 13.0. The molecule has 0 amide bonds. The molecule has 0 aromatic heterocycles. The molecule has 0 aliphatic carbocycles. The Morgan fingerprint density at radius 2 is 0.622 bits per heavy atom. The maximum atomic E-state index is 6.57. The normalized spacial score (nSPS) is 14.0. The lowest BCUT2D eigenvalue weighted by Gasteiger charge is -2.25. The fraction of sp³-hybridized carbons (Fsp3) is 0.286. The van der Waals surface area contributed by atoms with Gasteiger partial charge < -0.3 is 14.2 Å². The summed E-state index contributed by atoms with van der Waals surface area (Å²) < 4.78 is 19.7. The average Bonchev–Trinajstić information content (AvgIpc) is 3.03. The summed E-state index contributed by atoms with van der Waals surface area (Å²) in [5.41, 5.74) is 19.4. The lowest BCUT2D eigenvalue weighted by atomic mass is 9.82. The number of benzene rings is 5. The van der Waals surface area contributed by atoms with Crippen LogP contribution in [0.2, 0.25) is 0 Å². The topological polar surface area (TPSA) is 27.7 Å². The number of fused-ring (bicyclic) bond motifs is 3. The molecule has 45 heavy (non-hydrogen) atoms. The fourth-order valence-electron chi connectivity index (χ4n) is 7.54. The van der Waals surface area contributed by atoms with E-state index in [9.17, 15) is 0 Å². The molecule has 0 atom stereocenters. The molecule has 3 nitrogen and oxygen atoms in total. The summed E-state index contributed by atoms with van der Waals surface area (Å²) in [6, 6.07) is 26.0. The Kier molecular flexibility index (Phi) is 7.65. The van der Waals surface area contributed by atoms with Crippen LogP contribution in [0.15, 0.2) is 72.8 Å². The molecule has 0 saturated heterocycles. The largest absolute Gasteiger partial charge is 0.489 e. The lowest BCUT2D eigenvalue weighted by Crippen LogP contribution is -2.14. The summed E-state index contributed by atoms with van der Waals surface area (Å²) in [5.74, 6) is 2.70. The highest BCUT2D eigenvalue weighted by Crippen LogP contribution is 2.35. The van der Waals surface area contributed by atoms with E-state index in [1.165, 1.54) is 83.5 Å². The first-order valence-electron chi connectivity index (χ1n) is 16.1. The Labute approximate surface area is 267 Å². The summed E-state index contributed by atoms with van der Waals surface area (Å²) in [5, 5.41) is 0. The molecule has 0 fully saturated rings. The van der Waals surface area contributed by atoms with Gasteiger partial charge in [0.15, 0.2) is 0 Å². The van der Waals surface area contributed by atoms with Gasteiger partial charge in [-0.3, -0.25) is 0 Å². The highest BCUT2D eigenvalue weighted by Gasteiger charge is 2.22.